The molecular formula is C16H14Cl2N2. The molecule has 1 N–H and O–H groups in total. The number of benzene rings is 2. The molecule has 2 nitrogen and oxygen atoms in total. The fourth-order valence-corrected chi connectivity index (χ4v) is 2.46. The van der Waals surface area contributed by atoms with Gasteiger partial charge in [-0.3, -0.25) is 0 Å². The summed E-state index contributed by atoms with van der Waals surface area (Å²) in [5.41, 5.74) is 3.62. The molecule has 0 unspecified atom stereocenters. The molecule has 2 rings (SSSR count). The minimum Gasteiger partial charge on any atom is -0.384 e. The van der Waals surface area contributed by atoms with Gasteiger partial charge in [0.25, 0.3) is 0 Å². The Kier molecular flexibility index (Phi) is 4.89. The van der Waals surface area contributed by atoms with Crippen LogP contribution in [0.5, 0.6) is 0 Å². The first-order valence-corrected chi connectivity index (χ1v) is 7.04. The number of aryl methyl sites for hydroxylation is 1. The van der Waals surface area contributed by atoms with Crippen molar-refractivity contribution in [2.75, 3.05) is 11.9 Å². The van der Waals surface area contributed by atoms with Crippen molar-refractivity contribution in [2.45, 2.75) is 13.3 Å². The summed E-state index contributed by atoms with van der Waals surface area (Å²) >= 11 is 12.0. The number of hydrogen-bond acceptors (Lipinski definition) is 2. The molecule has 20 heavy (non-hydrogen) atoms. The molecule has 0 saturated carbocycles. The van der Waals surface area contributed by atoms with Crippen molar-refractivity contribution < 1.29 is 0 Å². The van der Waals surface area contributed by atoms with Gasteiger partial charge >= 0.3 is 0 Å². The quantitative estimate of drug-likeness (QED) is 0.878. The first-order chi connectivity index (χ1) is 9.60. The molecule has 4 heteroatoms. The molecule has 0 fully saturated rings. The third kappa shape index (κ3) is 3.66. The number of nitriles is 1. The van der Waals surface area contributed by atoms with E-state index in [1.165, 1.54) is 0 Å². The normalized spacial score (nSPS) is 10.1. The Bertz CT molecular complexity index is 660. The highest BCUT2D eigenvalue weighted by Crippen LogP contribution is 2.22. The average Bonchev–Trinajstić information content (AvgIpc) is 2.42. The molecule has 0 aliphatic heterocycles. The van der Waals surface area contributed by atoms with E-state index in [0.29, 0.717) is 22.2 Å². The van der Waals surface area contributed by atoms with Crippen LogP contribution in [0, 0.1) is 18.3 Å². The van der Waals surface area contributed by atoms with E-state index in [-0.39, 0.29) is 0 Å². The van der Waals surface area contributed by atoms with Crippen LogP contribution < -0.4 is 5.32 Å². The number of anilines is 1. The van der Waals surface area contributed by atoms with Crippen LogP contribution in [0.3, 0.4) is 0 Å². The van der Waals surface area contributed by atoms with Crippen molar-refractivity contribution in [1.82, 2.24) is 0 Å². The second-order valence-corrected chi connectivity index (χ2v) is 5.42. The molecule has 0 atom stereocenters. The number of halogens is 2. The summed E-state index contributed by atoms with van der Waals surface area (Å²) in [6, 6.07) is 13.5. The lowest BCUT2D eigenvalue weighted by Crippen LogP contribution is -2.06. The maximum absolute atomic E-state index is 9.11. The van der Waals surface area contributed by atoms with Gasteiger partial charge in [-0.1, -0.05) is 35.3 Å². The SMILES string of the molecule is Cc1ccc(NCCc2ccc(Cl)cc2Cl)c(C#N)c1. The number of rotatable bonds is 4. The maximum Gasteiger partial charge on any atom is 0.101 e. The zero-order chi connectivity index (χ0) is 14.5. The average molecular weight is 305 g/mol. The zero-order valence-corrected chi connectivity index (χ0v) is 12.6. The third-order valence-corrected chi connectivity index (χ3v) is 3.61. The summed E-state index contributed by atoms with van der Waals surface area (Å²) in [7, 11) is 0. The van der Waals surface area contributed by atoms with Crippen LogP contribution in [0.15, 0.2) is 36.4 Å². The second kappa shape index (κ2) is 6.65. The van der Waals surface area contributed by atoms with Crippen LogP contribution in [-0.2, 0) is 6.42 Å². The summed E-state index contributed by atoms with van der Waals surface area (Å²) in [6.45, 7) is 2.68. The topological polar surface area (TPSA) is 35.8 Å². The van der Waals surface area contributed by atoms with E-state index in [0.717, 1.165) is 23.2 Å². The first-order valence-electron chi connectivity index (χ1n) is 6.28. The Labute approximate surface area is 128 Å². The number of nitrogens with zero attached hydrogens (tertiary/aromatic N) is 1. The lowest BCUT2D eigenvalue weighted by atomic mass is 10.1. The van der Waals surface area contributed by atoms with Crippen molar-refractivity contribution in [3.8, 4) is 6.07 Å². The predicted molar refractivity (Wildman–Crippen MR) is 84.5 cm³/mol. The van der Waals surface area contributed by atoms with Crippen molar-refractivity contribution in [3.05, 3.63) is 63.1 Å². The molecule has 2 aromatic carbocycles. The van der Waals surface area contributed by atoms with Gasteiger partial charge in [0.2, 0.25) is 0 Å². The van der Waals surface area contributed by atoms with Crippen molar-refractivity contribution in [3.63, 3.8) is 0 Å². The standard InChI is InChI=1S/C16H14Cl2N2/c1-11-2-5-16(13(8-11)10-19)20-7-6-12-3-4-14(17)9-15(12)18/h2-5,8-9,20H,6-7H2,1H3. The molecule has 0 bridgehead atoms. The fourth-order valence-electron chi connectivity index (χ4n) is 1.96. The Morgan fingerprint density at radius 2 is 1.95 bits per heavy atom. The molecule has 0 aliphatic carbocycles. The molecule has 102 valence electrons. The molecule has 0 aromatic heterocycles. The summed E-state index contributed by atoms with van der Waals surface area (Å²) in [4.78, 5) is 0. The van der Waals surface area contributed by atoms with E-state index in [2.05, 4.69) is 11.4 Å². The predicted octanol–water partition coefficient (Wildman–Crippen LogP) is 4.83. The summed E-state index contributed by atoms with van der Waals surface area (Å²) in [5, 5.41) is 13.7. The smallest absolute Gasteiger partial charge is 0.101 e. The minimum atomic E-state index is 0.636. The lowest BCUT2D eigenvalue weighted by Gasteiger charge is -2.10. The van der Waals surface area contributed by atoms with Crippen LogP contribution >= 0.6 is 23.2 Å². The largest absolute Gasteiger partial charge is 0.384 e. The summed E-state index contributed by atoms with van der Waals surface area (Å²) < 4.78 is 0. The Morgan fingerprint density at radius 1 is 1.15 bits per heavy atom. The van der Waals surface area contributed by atoms with Gasteiger partial charge in [0, 0.05) is 16.6 Å². The van der Waals surface area contributed by atoms with Crippen molar-refractivity contribution in [2.24, 2.45) is 0 Å². The van der Waals surface area contributed by atoms with Gasteiger partial charge in [-0.2, -0.15) is 5.26 Å². The molecule has 0 radical (unpaired) electrons. The monoisotopic (exact) mass is 304 g/mol. The second-order valence-electron chi connectivity index (χ2n) is 4.57. The highest BCUT2D eigenvalue weighted by atomic mass is 35.5. The maximum atomic E-state index is 9.11. The Hall–Kier alpha value is -1.69. The van der Waals surface area contributed by atoms with E-state index in [9.17, 15) is 0 Å². The van der Waals surface area contributed by atoms with Gasteiger partial charge in [-0.05, 0) is 48.7 Å². The molecule has 0 spiro atoms. The molecule has 0 heterocycles. The van der Waals surface area contributed by atoms with Gasteiger partial charge in [-0.25, -0.2) is 0 Å². The highest BCUT2D eigenvalue weighted by Gasteiger charge is 2.04. The third-order valence-electron chi connectivity index (χ3n) is 3.02. The highest BCUT2D eigenvalue weighted by molar-refractivity contribution is 6.35. The van der Waals surface area contributed by atoms with Gasteiger partial charge in [0.05, 0.1) is 11.3 Å². The zero-order valence-electron chi connectivity index (χ0n) is 11.1. The van der Waals surface area contributed by atoms with Gasteiger partial charge in [0.15, 0.2) is 0 Å². The van der Waals surface area contributed by atoms with E-state index in [1.807, 2.05) is 37.3 Å². The number of nitrogens with one attached hydrogen (secondary N) is 1. The van der Waals surface area contributed by atoms with E-state index < -0.39 is 0 Å². The van der Waals surface area contributed by atoms with Crippen LogP contribution in [0.4, 0.5) is 5.69 Å². The van der Waals surface area contributed by atoms with Crippen LogP contribution in [0.2, 0.25) is 10.0 Å². The van der Waals surface area contributed by atoms with E-state index in [1.54, 1.807) is 6.07 Å². The fraction of sp³-hybridized carbons (Fsp3) is 0.188. The Balaban J connectivity index is 2.01. The number of hydrogen-bond donors (Lipinski definition) is 1. The van der Waals surface area contributed by atoms with E-state index in [4.69, 9.17) is 28.5 Å². The molecule has 0 amide bonds. The van der Waals surface area contributed by atoms with Crippen molar-refractivity contribution >= 4 is 28.9 Å². The van der Waals surface area contributed by atoms with Crippen molar-refractivity contribution in [1.29, 1.82) is 5.26 Å². The summed E-state index contributed by atoms with van der Waals surface area (Å²) in [6.07, 6.45) is 0.773. The molecule has 2 aromatic rings. The molecule has 0 aliphatic rings. The van der Waals surface area contributed by atoms with E-state index >= 15 is 0 Å². The molecular weight excluding hydrogens is 291 g/mol. The molecule has 0 saturated heterocycles. The van der Waals surface area contributed by atoms with Gasteiger partial charge in [-0.15, -0.1) is 0 Å². The van der Waals surface area contributed by atoms with Crippen LogP contribution in [0.1, 0.15) is 16.7 Å². The Morgan fingerprint density at radius 3 is 2.65 bits per heavy atom. The summed E-state index contributed by atoms with van der Waals surface area (Å²) in [5.74, 6) is 0. The van der Waals surface area contributed by atoms with Gasteiger partial charge < -0.3 is 5.32 Å². The lowest BCUT2D eigenvalue weighted by molar-refractivity contribution is 1.02. The van der Waals surface area contributed by atoms with Crippen LogP contribution in [0.25, 0.3) is 0 Å². The van der Waals surface area contributed by atoms with Crippen LogP contribution in [-0.4, -0.2) is 6.54 Å². The minimum absolute atomic E-state index is 0.636. The van der Waals surface area contributed by atoms with Gasteiger partial charge in [0.1, 0.15) is 6.07 Å². The first kappa shape index (κ1) is 14.7.